The number of hydrogen-bond acceptors (Lipinski definition) is 4. The molecule has 0 radical (unpaired) electrons. The lowest BCUT2D eigenvalue weighted by Crippen LogP contribution is -2.18. The van der Waals surface area contributed by atoms with Crippen molar-refractivity contribution in [3.8, 4) is 5.75 Å². The van der Waals surface area contributed by atoms with Crippen LogP contribution in [0.25, 0.3) is 0 Å². The Morgan fingerprint density at radius 1 is 1.24 bits per heavy atom. The number of nitrogens with one attached hydrogen (secondary N) is 1. The summed E-state index contributed by atoms with van der Waals surface area (Å²) in [7, 11) is 0. The molecule has 29 heavy (non-hydrogen) atoms. The van der Waals surface area contributed by atoms with Crippen LogP contribution < -0.4 is 10.2 Å². The molecule has 0 fully saturated rings. The van der Waals surface area contributed by atoms with Gasteiger partial charge in [-0.05, 0) is 86.0 Å². The summed E-state index contributed by atoms with van der Waals surface area (Å²) in [6.07, 6.45) is 2.98. The lowest BCUT2D eigenvalue weighted by molar-refractivity contribution is 0.0955. The predicted molar refractivity (Wildman–Crippen MR) is 127 cm³/mol. The summed E-state index contributed by atoms with van der Waals surface area (Å²) < 4.78 is 7.68. The molecule has 3 rings (SSSR count). The van der Waals surface area contributed by atoms with Crippen molar-refractivity contribution < 1.29 is 9.53 Å². The minimum Gasteiger partial charge on any atom is -0.486 e. The van der Waals surface area contributed by atoms with Gasteiger partial charge >= 0.3 is 0 Å². The number of hydrazone groups is 1. The minimum absolute atomic E-state index is 0.112. The Kier molecular flexibility index (Phi) is 7.88. The Balaban J connectivity index is 1.65. The van der Waals surface area contributed by atoms with Gasteiger partial charge in [-0.15, -0.1) is 0 Å². The van der Waals surface area contributed by atoms with E-state index in [1.807, 2.05) is 24.3 Å². The van der Waals surface area contributed by atoms with Crippen LogP contribution in [0.2, 0.25) is 10.2 Å². The van der Waals surface area contributed by atoms with E-state index in [2.05, 4.69) is 54.0 Å². The number of hydrogen-bond donors (Lipinski definition) is 1. The zero-order chi connectivity index (χ0) is 20.8. The van der Waals surface area contributed by atoms with Crippen LogP contribution in [-0.2, 0) is 6.61 Å². The smallest absolute Gasteiger partial charge is 0.274 e. The number of carbonyl (C=O) groups is 1. The molecular formula is C20H13BrCl2IN3O2. The van der Waals surface area contributed by atoms with Crippen LogP contribution in [0, 0.1) is 3.57 Å². The van der Waals surface area contributed by atoms with Crippen LogP contribution >= 0.6 is 61.7 Å². The number of pyridine rings is 1. The highest BCUT2D eigenvalue weighted by molar-refractivity contribution is 14.1. The molecule has 1 aromatic heterocycles. The van der Waals surface area contributed by atoms with Gasteiger partial charge in [0.05, 0.1) is 21.3 Å². The predicted octanol–water partition coefficient (Wildman–Crippen LogP) is 6.10. The van der Waals surface area contributed by atoms with Gasteiger partial charge in [-0.1, -0.05) is 35.3 Å². The number of amides is 1. The molecule has 0 unspecified atom stereocenters. The van der Waals surface area contributed by atoms with Crippen molar-refractivity contribution in [2.24, 2.45) is 5.10 Å². The highest BCUT2D eigenvalue weighted by Crippen LogP contribution is 2.34. The summed E-state index contributed by atoms with van der Waals surface area (Å²) in [6, 6.07) is 14.7. The third-order valence-corrected chi connectivity index (χ3v) is 5.59. The largest absolute Gasteiger partial charge is 0.486 e. The van der Waals surface area contributed by atoms with Crippen LogP contribution in [0.1, 0.15) is 21.5 Å². The number of halogens is 4. The maximum atomic E-state index is 12.1. The van der Waals surface area contributed by atoms with E-state index in [4.69, 9.17) is 27.9 Å². The molecule has 0 saturated heterocycles. The average molecular weight is 605 g/mol. The number of rotatable bonds is 6. The number of aromatic nitrogens is 1. The van der Waals surface area contributed by atoms with Gasteiger partial charge in [-0.25, -0.2) is 10.4 Å². The molecule has 1 N–H and O–H groups in total. The highest BCUT2D eigenvalue weighted by atomic mass is 127. The first-order valence-corrected chi connectivity index (χ1v) is 10.9. The van der Waals surface area contributed by atoms with Gasteiger partial charge in [0.1, 0.15) is 11.8 Å². The number of ether oxygens (including phenoxy) is 1. The van der Waals surface area contributed by atoms with Gasteiger partial charge in [0.2, 0.25) is 0 Å². The SMILES string of the molecule is O=C(NN=Cc1cc(Cl)c(OCc2ccc(I)cc2)c(Br)c1)c1cccnc1Cl. The quantitative estimate of drug-likeness (QED) is 0.160. The van der Waals surface area contributed by atoms with E-state index in [1.165, 1.54) is 12.4 Å². The first-order chi connectivity index (χ1) is 13.9. The summed E-state index contributed by atoms with van der Waals surface area (Å²) in [5.41, 5.74) is 4.37. The molecule has 0 spiro atoms. The van der Waals surface area contributed by atoms with Crippen LogP contribution in [0.4, 0.5) is 0 Å². The van der Waals surface area contributed by atoms with Gasteiger partial charge in [0.15, 0.2) is 5.75 Å². The molecular weight excluding hydrogens is 592 g/mol. The van der Waals surface area contributed by atoms with Crippen molar-refractivity contribution in [3.05, 3.63) is 89.6 Å². The zero-order valence-corrected chi connectivity index (χ0v) is 20.0. The highest BCUT2D eigenvalue weighted by Gasteiger charge is 2.11. The van der Waals surface area contributed by atoms with Crippen LogP contribution in [0.5, 0.6) is 5.75 Å². The monoisotopic (exact) mass is 603 g/mol. The van der Waals surface area contributed by atoms with E-state index in [0.29, 0.717) is 27.4 Å². The summed E-state index contributed by atoms with van der Waals surface area (Å²) in [5, 5.41) is 4.48. The fourth-order valence-corrected chi connectivity index (χ4v) is 3.86. The van der Waals surface area contributed by atoms with E-state index in [1.54, 1.807) is 24.3 Å². The Morgan fingerprint density at radius 3 is 2.69 bits per heavy atom. The Morgan fingerprint density at radius 2 is 2.00 bits per heavy atom. The van der Waals surface area contributed by atoms with Crippen molar-refractivity contribution in [2.45, 2.75) is 6.61 Å². The fraction of sp³-hybridized carbons (Fsp3) is 0.0500. The molecule has 0 aliphatic carbocycles. The lowest BCUT2D eigenvalue weighted by Gasteiger charge is -2.11. The van der Waals surface area contributed by atoms with Crippen molar-refractivity contribution in [3.63, 3.8) is 0 Å². The van der Waals surface area contributed by atoms with E-state index in [-0.39, 0.29) is 10.7 Å². The Bertz CT molecular complexity index is 1040. The molecule has 0 aliphatic rings. The lowest BCUT2D eigenvalue weighted by atomic mass is 10.2. The van der Waals surface area contributed by atoms with Crippen molar-refractivity contribution in [2.75, 3.05) is 0 Å². The molecule has 0 bridgehead atoms. The van der Waals surface area contributed by atoms with E-state index in [9.17, 15) is 4.79 Å². The van der Waals surface area contributed by atoms with Crippen LogP contribution in [0.3, 0.4) is 0 Å². The number of carbonyl (C=O) groups excluding carboxylic acids is 1. The summed E-state index contributed by atoms with van der Waals surface area (Å²) in [6.45, 7) is 0.393. The average Bonchev–Trinajstić information content (AvgIpc) is 2.69. The third-order valence-electron chi connectivity index (χ3n) is 3.70. The van der Waals surface area contributed by atoms with Gasteiger partial charge in [0, 0.05) is 9.77 Å². The van der Waals surface area contributed by atoms with Crippen molar-refractivity contribution in [1.82, 2.24) is 10.4 Å². The van der Waals surface area contributed by atoms with Crippen molar-refractivity contribution >= 4 is 73.8 Å². The molecule has 2 aromatic carbocycles. The summed E-state index contributed by atoms with van der Waals surface area (Å²) >= 11 is 18.0. The first-order valence-electron chi connectivity index (χ1n) is 8.24. The molecule has 0 atom stereocenters. The maximum Gasteiger partial charge on any atom is 0.274 e. The summed E-state index contributed by atoms with van der Waals surface area (Å²) in [4.78, 5) is 15.9. The molecule has 5 nitrogen and oxygen atoms in total. The Hall–Kier alpha value is -1.68. The molecule has 9 heteroatoms. The number of benzene rings is 2. The molecule has 1 heterocycles. The van der Waals surface area contributed by atoms with Crippen LogP contribution in [-0.4, -0.2) is 17.1 Å². The third kappa shape index (κ3) is 6.15. The molecule has 3 aromatic rings. The van der Waals surface area contributed by atoms with Crippen LogP contribution in [0.15, 0.2) is 64.3 Å². The second kappa shape index (κ2) is 10.4. The second-order valence-electron chi connectivity index (χ2n) is 5.77. The van der Waals surface area contributed by atoms with E-state index >= 15 is 0 Å². The van der Waals surface area contributed by atoms with Gasteiger partial charge in [-0.2, -0.15) is 5.10 Å². The van der Waals surface area contributed by atoms with Gasteiger partial charge in [0.25, 0.3) is 5.91 Å². The number of nitrogens with zero attached hydrogens (tertiary/aromatic N) is 2. The molecule has 148 valence electrons. The zero-order valence-electron chi connectivity index (χ0n) is 14.7. The minimum atomic E-state index is -0.456. The van der Waals surface area contributed by atoms with Gasteiger partial charge in [-0.3, -0.25) is 4.79 Å². The van der Waals surface area contributed by atoms with E-state index in [0.717, 1.165) is 9.13 Å². The van der Waals surface area contributed by atoms with E-state index < -0.39 is 5.91 Å². The van der Waals surface area contributed by atoms with Gasteiger partial charge < -0.3 is 4.74 Å². The Labute approximate surface area is 199 Å². The standard InChI is InChI=1S/C20H13BrCl2IN3O2/c21-16-8-13(10-26-27-20(28)15-2-1-7-25-19(15)23)9-17(22)18(16)29-11-12-3-5-14(24)6-4-12/h1-10H,11H2,(H,27,28). The maximum absolute atomic E-state index is 12.1. The molecule has 0 aliphatic heterocycles. The fourth-order valence-electron chi connectivity index (χ4n) is 2.31. The summed E-state index contributed by atoms with van der Waals surface area (Å²) in [5.74, 6) is 0.0792. The molecule has 0 saturated carbocycles. The molecule has 1 amide bonds. The first kappa shape index (κ1) is 22.0. The normalized spacial score (nSPS) is 10.9. The topological polar surface area (TPSA) is 63.6 Å². The van der Waals surface area contributed by atoms with Crippen molar-refractivity contribution in [1.29, 1.82) is 0 Å². The second-order valence-corrected chi connectivity index (χ2v) is 8.63.